The molecule has 0 fully saturated rings. The van der Waals surface area contributed by atoms with Crippen LogP contribution < -0.4 is 10.6 Å². The lowest BCUT2D eigenvalue weighted by Crippen LogP contribution is -1.96. The summed E-state index contributed by atoms with van der Waals surface area (Å²) < 4.78 is 0. The number of hydrogen-bond acceptors (Lipinski definition) is 2. The van der Waals surface area contributed by atoms with Gasteiger partial charge in [-0.25, -0.2) is 0 Å². The van der Waals surface area contributed by atoms with Gasteiger partial charge in [-0.05, 0) is 61.9 Å². The van der Waals surface area contributed by atoms with E-state index in [1.807, 2.05) is 25.1 Å². The van der Waals surface area contributed by atoms with Crippen molar-refractivity contribution >= 4 is 28.7 Å². The first-order chi connectivity index (χ1) is 8.69. The van der Waals surface area contributed by atoms with Crippen LogP contribution in [0.4, 0.5) is 17.1 Å². The lowest BCUT2D eigenvalue weighted by atomic mass is 10.2. The van der Waals surface area contributed by atoms with Crippen molar-refractivity contribution in [3.05, 3.63) is 53.1 Å². The maximum Gasteiger partial charge on any atom is 0.0436 e. The minimum atomic E-state index is 0.794. The molecule has 2 rings (SSSR count). The third kappa shape index (κ3) is 3.17. The van der Waals surface area contributed by atoms with Crippen LogP contribution in [0.1, 0.15) is 12.5 Å². The molecule has 0 bridgehead atoms. The summed E-state index contributed by atoms with van der Waals surface area (Å²) in [7, 11) is 0. The SMILES string of the molecule is CCNc1ccc(Nc2ccc(Cl)c(C)c2)cc1. The van der Waals surface area contributed by atoms with Gasteiger partial charge in [0.25, 0.3) is 0 Å². The zero-order chi connectivity index (χ0) is 13.0. The van der Waals surface area contributed by atoms with Crippen molar-refractivity contribution in [1.82, 2.24) is 0 Å². The molecule has 0 radical (unpaired) electrons. The van der Waals surface area contributed by atoms with Crippen molar-refractivity contribution in [1.29, 1.82) is 0 Å². The molecule has 18 heavy (non-hydrogen) atoms. The van der Waals surface area contributed by atoms with Gasteiger partial charge >= 0.3 is 0 Å². The Morgan fingerprint density at radius 3 is 2.17 bits per heavy atom. The maximum atomic E-state index is 6.00. The molecule has 3 heteroatoms. The first-order valence-electron chi connectivity index (χ1n) is 6.06. The summed E-state index contributed by atoms with van der Waals surface area (Å²) in [6.45, 7) is 5.02. The summed E-state index contributed by atoms with van der Waals surface area (Å²) in [6.07, 6.45) is 0. The average Bonchev–Trinajstić information content (AvgIpc) is 2.37. The Kier molecular flexibility index (Phi) is 4.11. The van der Waals surface area contributed by atoms with E-state index in [1.54, 1.807) is 0 Å². The highest BCUT2D eigenvalue weighted by Crippen LogP contribution is 2.23. The Labute approximate surface area is 113 Å². The molecule has 2 N–H and O–H groups in total. The molecular formula is C15H17ClN2. The Hall–Kier alpha value is -1.67. The van der Waals surface area contributed by atoms with E-state index in [9.17, 15) is 0 Å². The minimum absolute atomic E-state index is 0.794. The van der Waals surface area contributed by atoms with E-state index in [0.29, 0.717) is 0 Å². The first kappa shape index (κ1) is 12.8. The fraction of sp³-hybridized carbons (Fsp3) is 0.200. The number of benzene rings is 2. The maximum absolute atomic E-state index is 6.00. The topological polar surface area (TPSA) is 24.1 Å². The number of rotatable bonds is 4. The Morgan fingerprint density at radius 2 is 1.56 bits per heavy atom. The number of halogens is 1. The summed E-state index contributed by atoms with van der Waals surface area (Å²) in [5.74, 6) is 0. The summed E-state index contributed by atoms with van der Waals surface area (Å²) >= 11 is 6.00. The summed E-state index contributed by atoms with van der Waals surface area (Å²) in [5.41, 5.74) is 4.33. The van der Waals surface area contributed by atoms with Crippen LogP contribution in [0.2, 0.25) is 5.02 Å². The summed E-state index contributed by atoms with van der Waals surface area (Å²) in [6, 6.07) is 14.2. The van der Waals surface area contributed by atoms with Crippen LogP contribution >= 0.6 is 11.6 Å². The van der Waals surface area contributed by atoms with Gasteiger partial charge in [-0.1, -0.05) is 11.6 Å². The van der Waals surface area contributed by atoms with E-state index in [1.165, 1.54) is 0 Å². The van der Waals surface area contributed by atoms with E-state index in [0.717, 1.165) is 34.2 Å². The van der Waals surface area contributed by atoms with Gasteiger partial charge in [-0.15, -0.1) is 0 Å². The third-order valence-corrected chi connectivity index (χ3v) is 3.14. The predicted molar refractivity (Wildman–Crippen MR) is 80.1 cm³/mol. The van der Waals surface area contributed by atoms with Crippen molar-refractivity contribution in [3.8, 4) is 0 Å². The number of anilines is 3. The standard InChI is InChI=1S/C15H17ClN2/c1-3-17-12-4-6-13(7-5-12)18-14-8-9-15(16)11(2)10-14/h4-10,17-18H,3H2,1-2H3. The highest BCUT2D eigenvalue weighted by Gasteiger charge is 1.98. The molecule has 0 aliphatic rings. The molecule has 0 saturated carbocycles. The molecule has 94 valence electrons. The van der Waals surface area contributed by atoms with Crippen molar-refractivity contribution < 1.29 is 0 Å². The van der Waals surface area contributed by atoms with Crippen molar-refractivity contribution in [2.75, 3.05) is 17.2 Å². The van der Waals surface area contributed by atoms with E-state index in [2.05, 4.69) is 41.8 Å². The van der Waals surface area contributed by atoms with Crippen molar-refractivity contribution in [3.63, 3.8) is 0 Å². The van der Waals surface area contributed by atoms with E-state index in [4.69, 9.17) is 11.6 Å². The largest absolute Gasteiger partial charge is 0.385 e. The van der Waals surface area contributed by atoms with Crippen LogP contribution in [-0.2, 0) is 0 Å². The molecule has 2 aromatic carbocycles. The van der Waals surface area contributed by atoms with Gasteiger partial charge in [0.05, 0.1) is 0 Å². The second kappa shape index (κ2) is 5.78. The molecule has 2 aromatic rings. The third-order valence-electron chi connectivity index (χ3n) is 2.71. The number of nitrogens with one attached hydrogen (secondary N) is 2. The smallest absolute Gasteiger partial charge is 0.0436 e. The molecular weight excluding hydrogens is 244 g/mol. The molecule has 0 aliphatic carbocycles. The van der Waals surface area contributed by atoms with Gasteiger partial charge in [0, 0.05) is 28.6 Å². The Morgan fingerprint density at radius 1 is 0.944 bits per heavy atom. The molecule has 0 atom stereocenters. The van der Waals surface area contributed by atoms with Crippen LogP contribution in [0.15, 0.2) is 42.5 Å². The normalized spacial score (nSPS) is 10.2. The van der Waals surface area contributed by atoms with Crippen molar-refractivity contribution in [2.45, 2.75) is 13.8 Å². The summed E-state index contributed by atoms with van der Waals surface area (Å²) in [4.78, 5) is 0. The Bertz CT molecular complexity index is 521. The molecule has 0 spiro atoms. The van der Waals surface area contributed by atoms with Gasteiger partial charge in [0.15, 0.2) is 0 Å². The molecule has 2 nitrogen and oxygen atoms in total. The van der Waals surface area contributed by atoms with Crippen molar-refractivity contribution in [2.24, 2.45) is 0 Å². The van der Waals surface area contributed by atoms with Crippen LogP contribution in [-0.4, -0.2) is 6.54 Å². The molecule has 0 aromatic heterocycles. The Balaban J connectivity index is 2.10. The first-order valence-corrected chi connectivity index (χ1v) is 6.44. The van der Waals surface area contributed by atoms with E-state index in [-0.39, 0.29) is 0 Å². The number of hydrogen-bond donors (Lipinski definition) is 2. The lowest BCUT2D eigenvalue weighted by Gasteiger charge is -2.09. The van der Waals surface area contributed by atoms with Gasteiger partial charge in [0.2, 0.25) is 0 Å². The molecule has 0 amide bonds. The highest BCUT2D eigenvalue weighted by atomic mass is 35.5. The van der Waals surface area contributed by atoms with Gasteiger partial charge < -0.3 is 10.6 Å². The summed E-state index contributed by atoms with van der Waals surface area (Å²) in [5, 5.41) is 7.42. The fourth-order valence-corrected chi connectivity index (χ4v) is 1.88. The van der Waals surface area contributed by atoms with E-state index >= 15 is 0 Å². The zero-order valence-electron chi connectivity index (χ0n) is 10.6. The second-order valence-corrected chi connectivity index (χ2v) is 4.60. The minimum Gasteiger partial charge on any atom is -0.385 e. The fourth-order valence-electron chi connectivity index (χ4n) is 1.76. The molecule has 0 unspecified atom stereocenters. The van der Waals surface area contributed by atoms with E-state index < -0.39 is 0 Å². The lowest BCUT2D eigenvalue weighted by molar-refractivity contribution is 1.21. The quantitative estimate of drug-likeness (QED) is 0.823. The monoisotopic (exact) mass is 260 g/mol. The molecule has 0 heterocycles. The zero-order valence-corrected chi connectivity index (χ0v) is 11.4. The highest BCUT2D eigenvalue weighted by molar-refractivity contribution is 6.31. The predicted octanol–water partition coefficient (Wildman–Crippen LogP) is 4.82. The number of aryl methyl sites for hydroxylation is 1. The van der Waals surface area contributed by atoms with Crippen LogP contribution in [0.25, 0.3) is 0 Å². The molecule has 0 aliphatic heterocycles. The average molecular weight is 261 g/mol. The van der Waals surface area contributed by atoms with Crippen LogP contribution in [0, 0.1) is 6.92 Å². The second-order valence-electron chi connectivity index (χ2n) is 4.20. The van der Waals surface area contributed by atoms with Gasteiger partial charge in [0.1, 0.15) is 0 Å². The van der Waals surface area contributed by atoms with Crippen LogP contribution in [0.5, 0.6) is 0 Å². The van der Waals surface area contributed by atoms with Crippen LogP contribution in [0.3, 0.4) is 0 Å². The molecule has 0 saturated heterocycles. The van der Waals surface area contributed by atoms with Gasteiger partial charge in [-0.2, -0.15) is 0 Å². The van der Waals surface area contributed by atoms with Gasteiger partial charge in [-0.3, -0.25) is 0 Å².